The maximum Gasteiger partial charge on any atom is 0.333 e. The molecule has 3 unspecified atom stereocenters. The van der Waals surface area contributed by atoms with Crippen molar-refractivity contribution in [1.82, 2.24) is 9.38 Å². The molecule has 2 aromatic heterocycles. The average molecular weight is 376 g/mol. The number of hydrogen-bond donors (Lipinski definition) is 2. The molecule has 8 heteroatoms. The van der Waals surface area contributed by atoms with E-state index in [4.69, 9.17) is 10.5 Å². The first kappa shape index (κ1) is 18.0. The van der Waals surface area contributed by atoms with Gasteiger partial charge in [-0.05, 0) is 37.5 Å². The van der Waals surface area contributed by atoms with Crippen LogP contribution in [0, 0.1) is 17.7 Å². The van der Waals surface area contributed by atoms with Gasteiger partial charge < -0.3 is 15.4 Å². The van der Waals surface area contributed by atoms with Crippen molar-refractivity contribution in [3.63, 3.8) is 0 Å². The predicted molar refractivity (Wildman–Crippen MR) is 101 cm³/mol. The summed E-state index contributed by atoms with van der Waals surface area (Å²) in [7, 11) is 1.45. The number of hydrogen-bond acceptors (Lipinski definition) is 5. The van der Waals surface area contributed by atoms with E-state index in [1.54, 1.807) is 0 Å². The highest BCUT2D eigenvalue weighted by molar-refractivity contribution is 5.78. The summed E-state index contributed by atoms with van der Waals surface area (Å²) in [6.45, 7) is 5.31. The fourth-order valence-corrected chi connectivity index (χ4v) is 4.41. The molecule has 0 amide bonds. The Bertz CT molecular complexity index is 1010. The average Bonchev–Trinajstić information content (AvgIpc) is 3.35. The number of aromatic nitrogens is 2. The number of nitrogens with zero attached hydrogens (tertiary/aromatic N) is 2. The third kappa shape index (κ3) is 2.82. The summed E-state index contributed by atoms with van der Waals surface area (Å²) >= 11 is 0. The summed E-state index contributed by atoms with van der Waals surface area (Å²) in [6.07, 6.45) is 2.90. The van der Waals surface area contributed by atoms with Crippen LogP contribution in [0.25, 0.3) is 5.52 Å². The second kappa shape index (κ2) is 6.37. The van der Waals surface area contributed by atoms with Gasteiger partial charge in [0.05, 0.1) is 13.3 Å². The highest BCUT2D eigenvalue weighted by Crippen LogP contribution is 2.45. The molecular weight excluding hydrogens is 351 g/mol. The van der Waals surface area contributed by atoms with Crippen LogP contribution in [0.1, 0.15) is 38.2 Å². The van der Waals surface area contributed by atoms with Gasteiger partial charge in [-0.15, -0.1) is 0 Å². The molecule has 0 spiro atoms. The number of aromatic amines is 1. The Hall–Kier alpha value is -2.35. The third-order valence-electron chi connectivity index (χ3n) is 5.93. The van der Waals surface area contributed by atoms with Crippen molar-refractivity contribution in [3.05, 3.63) is 38.4 Å². The molecule has 2 aliphatic rings. The zero-order valence-corrected chi connectivity index (χ0v) is 15.8. The number of rotatable bonds is 4. The molecule has 3 atom stereocenters. The van der Waals surface area contributed by atoms with E-state index in [1.165, 1.54) is 7.11 Å². The Labute approximate surface area is 155 Å². The van der Waals surface area contributed by atoms with Gasteiger partial charge in [0.1, 0.15) is 11.2 Å². The molecule has 3 N–H and O–H groups in total. The molecule has 146 valence electrons. The molecule has 7 nitrogen and oxygen atoms in total. The van der Waals surface area contributed by atoms with E-state index < -0.39 is 17.1 Å². The van der Waals surface area contributed by atoms with Crippen LogP contribution in [0.4, 0.5) is 10.1 Å². The van der Waals surface area contributed by atoms with Crippen LogP contribution in [-0.2, 0) is 0 Å². The standard InChI is InChI=1S/C19H25FN4O3/c1-9-6-23(7-12(9)10(2)21)15-13(20)8-24-16(17(15)27-3)14(11-4-5-11)18(25)22-19(24)26/h8-12H,4-7,21H2,1-3H3,(H,22,25,26). The lowest BCUT2D eigenvalue weighted by Crippen LogP contribution is -2.32. The van der Waals surface area contributed by atoms with Crippen LogP contribution in [0.15, 0.2) is 15.8 Å². The maximum atomic E-state index is 15.1. The number of halogens is 1. The fraction of sp³-hybridized carbons (Fsp3) is 0.579. The van der Waals surface area contributed by atoms with E-state index in [9.17, 15) is 9.59 Å². The van der Waals surface area contributed by atoms with Crippen molar-refractivity contribution < 1.29 is 9.13 Å². The van der Waals surface area contributed by atoms with Crippen molar-refractivity contribution >= 4 is 11.2 Å². The van der Waals surface area contributed by atoms with Gasteiger partial charge in [0, 0.05) is 24.7 Å². The number of nitrogens with one attached hydrogen (secondary N) is 1. The maximum absolute atomic E-state index is 15.1. The monoisotopic (exact) mass is 376 g/mol. The largest absolute Gasteiger partial charge is 0.492 e. The summed E-state index contributed by atoms with van der Waals surface area (Å²) in [4.78, 5) is 29.0. The molecule has 1 saturated carbocycles. The van der Waals surface area contributed by atoms with E-state index in [0.29, 0.717) is 35.8 Å². The van der Waals surface area contributed by atoms with Gasteiger partial charge in [-0.3, -0.25) is 14.2 Å². The van der Waals surface area contributed by atoms with Gasteiger partial charge in [0.15, 0.2) is 11.6 Å². The van der Waals surface area contributed by atoms with E-state index in [-0.39, 0.29) is 23.6 Å². The lowest BCUT2D eigenvalue weighted by atomic mass is 9.92. The molecule has 2 aromatic rings. The van der Waals surface area contributed by atoms with Gasteiger partial charge >= 0.3 is 5.69 Å². The van der Waals surface area contributed by atoms with Crippen LogP contribution in [0.5, 0.6) is 5.75 Å². The zero-order chi connectivity index (χ0) is 19.5. The Balaban J connectivity index is 1.97. The molecule has 0 aromatic carbocycles. The smallest absolute Gasteiger partial charge is 0.333 e. The minimum absolute atomic E-state index is 0.00741. The van der Waals surface area contributed by atoms with Gasteiger partial charge in [-0.1, -0.05) is 6.92 Å². The topological polar surface area (TPSA) is 92.8 Å². The summed E-state index contributed by atoms with van der Waals surface area (Å²) in [6, 6.07) is -0.00741. The SMILES string of the molecule is COc1c(N2CC(C)C(C(C)N)C2)c(F)cn2c(=O)[nH]c(=O)c(C3CC3)c12. The van der Waals surface area contributed by atoms with E-state index >= 15 is 4.39 Å². The van der Waals surface area contributed by atoms with Gasteiger partial charge in [-0.2, -0.15) is 0 Å². The third-order valence-corrected chi connectivity index (χ3v) is 5.93. The zero-order valence-electron chi connectivity index (χ0n) is 15.8. The molecule has 1 aliphatic heterocycles. The Morgan fingerprint density at radius 3 is 2.59 bits per heavy atom. The van der Waals surface area contributed by atoms with Crippen molar-refractivity contribution in [2.75, 3.05) is 25.1 Å². The van der Waals surface area contributed by atoms with E-state index in [2.05, 4.69) is 11.9 Å². The quantitative estimate of drug-likeness (QED) is 0.842. The number of fused-ring (bicyclic) bond motifs is 1. The Kier molecular flexibility index (Phi) is 4.25. The van der Waals surface area contributed by atoms with Gasteiger partial charge in [0.2, 0.25) is 0 Å². The number of nitrogens with two attached hydrogens (primary N) is 1. The molecule has 27 heavy (non-hydrogen) atoms. The number of pyridine rings is 1. The van der Waals surface area contributed by atoms with Gasteiger partial charge in [-0.25, -0.2) is 9.18 Å². The number of methoxy groups -OCH3 is 1. The Morgan fingerprint density at radius 1 is 1.33 bits per heavy atom. The Morgan fingerprint density at radius 2 is 2.04 bits per heavy atom. The molecule has 0 radical (unpaired) electrons. The van der Waals surface area contributed by atoms with Crippen LogP contribution in [0.2, 0.25) is 0 Å². The summed E-state index contributed by atoms with van der Waals surface area (Å²) in [5, 5.41) is 0. The van der Waals surface area contributed by atoms with Gasteiger partial charge in [0.25, 0.3) is 5.56 Å². The van der Waals surface area contributed by atoms with Crippen LogP contribution < -0.4 is 26.6 Å². The molecule has 4 rings (SSSR count). The van der Waals surface area contributed by atoms with Crippen molar-refractivity contribution in [1.29, 1.82) is 0 Å². The first-order chi connectivity index (χ1) is 12.8. The molecule has 1 aliphatic carbocycles. The summed E-state index contributed by atoms with van der Waals surface area (Å²) in [5.41, 5.74) is 6.21. The highest BCUT2D eigenvalue weighted by atomic mass is 19.1. The van der Waals surface area contributed by atoms with E-state index in [0.717, 1.165) is 23.4 Å². The lowest BCUT2D eigenvalue weighted by molar-refractivity contribution is 0.389. The minimum atomic E-state index is -0.661. The molecule has 1 saturated heterocycles. The van der Waals surface area contributed by atoms with Crippen molar-refractivity contribution in [2.45, 2.75) is 38.6 Å². The number of anilines is 1. The minimum Gasteiger partial charge on any atom is -0.492 e. The first-order valence-corrected chi connectivity index (χ1v) is 9.39. The molecule has 3 heterocycles. The lowest BCUT2D eigenvalue weighted by Gasteiger charge is -2.24. The fourth-order valence-electron chi connectivity index (χ4n) is 4.41. The molecule has 2 fully saturated rings. The number of ether oxygens (including phenoxy) is 1. The molecule has 0 bridgehead atoms. The van der Waals surface area contributed by atoms with Crippen molar-refractivity contribution in [2.24, 2.45) is 17.6 Å². The summed E-state index contributed by atoms with van der Waals surface area (Å²) < 4.78 is 21.8. The summed E-state index contributed by atoms with van der Waals surface area (Å²) in [5.74, 6) is 0.306. The normalized spacial score (nSPS) is 23.8. The second-order valence-corrected chi connectivity index (χ2v) is 7.93. The van der Waals surface area contributed by atoms with Crippen LogP contribution in [0.3, 0.4) is 0 Å². The predicted octanol–water partition coefficient (Wildman–Crippen LogP) is 1.43. The van der Waals surface area contributed by atoms with Crippen LogP contribution >= 0.6 is 0 Å². The molecular formula is C19H25FN4O3. The number of H-pyrrole nitrogens is 1. The van der Waals surface area contributed by atoms with Crippen LogP contribution in [-0.4, -0.2) is 35.6 Å². The van der Waals surface area contributed by atoms with E-state index in [1.807, 2.05) is 11.8 Å². The first-order valence-electron chi connectivity index (χ1n) is 9.39. The second-order valence-electron chi connectivity index (χ2n) is 7.93. The van der Waals surface area contributed by atoms with Crippen molar-refractivity contribution in [3.8, 4) is 5.75 Å². The highest BCUT2D eigenvalue weighted by Gasteiger charge is 2.37.